The van der Waals surface area contributed by atoms with Gasteiger partial charge in [-0.15, -0.1) is 0 Å². The van der Waals surface area contributed by atoms with E-state index in [2.05, 4.69) is 69.0 Å². The first-order valence-electron chi connectivity index (χ1n) is 8.04. The number of anilines is 1. The number of nitrogens with zero attached hydrogens (tertiary/aromatic N) is 3. The van der Waals surface area contributed by atoms with Gasteiger partial charge in [0, 0.05) is 31.5 Å². The van der Waals surface area contributed by atoms with Crippen LogP contribution in [0.1, 0.15) is 36.6 Å². The Kier molecular flexibility index (Phi) is 3.84. The Hall–Kier alpha value is -2.36. The summed E-state index contributed by atoms with van der Waals surface area (Å²) in [6.45, 7) is 8.53. The summed E-state index contributed by atoms with van der Waals surface area (Å²) in [5.41, 5.74) is 7.73. The second-order valence-electron chi connectivity index (χ2n) is 6.48. The summed E-state index contributed by atoms with van der Waals surface area (Å²) in [6.07, 6.45) is 2.12. The molecule has 0 spiro atoms. The zero-order chi connectivity index (χ0) is 16.7. The van der Waals surface area contributed by atoms with E-state index in [1.165, 1.54) is 11.1 Å². The van der Waals surface area contributed by atoms with Crippen LogP contribution >= 0.6 is 0 Å². The largest absolute Gasteiger partial charge is 0.373 e. The summed E-state index contributed by atoms with van der Waals surface area (Å²) >= 11 is 0. The van der Waals surface area contributed by atoms with Gasteiger partial charge in [-0.2, -0.15) is 0 Å². The maximum atomic E-state index is 4.95. The average molecular weight is 308 g/mol. The molecule has 0 amide bonds. The Bertz CT molecular complexity index is 875. The van der Waals surface area contributed by atoms with Crippen molar-refractivity contribution >= 4 is 16.9 Å². The van der Waals surface area contributed by atoms with Gasteiger partial charge < -0.3 is 9.88 Å². The molecular formula is C19H24N4. The fourth-order valence-corrected chi connectivity index (χ4v) is 3.03. The second-order valence-corrected chi connectivity index (χ2v) is 6.48. The first-order valence-corrected chi connectivity index (χ1v) is 8.04. The van der Waals surface area contributed by atoms with Crippen LogP contribution in [-0.2, 0) is 7.05 Å². The van der Waals surface area contributed by atoms with E-state index in [0.29, 0.717) is 5.92 Å². The van der Waals surface area contributed by atoms with Gasteiger partial charge in [-0.1, -0.05) is 13.8 Å². The number of pyridine rings is 2. The molecule has 0 aliphatic heterocycles. The number of hydrogen-bond donors (Lipinski definition) is 1. The van der Waals surface area contributed by atoms with Crippen LogP contribution in [0.5, 0.6) is 0 Å². The van der Waals surface area contributed by atoms with Crippen LogP contribution in [0.2, 0.25) is 0 Å². The lowest BCUT2D eigenvalue weighted by Gasteiger charge is -2.14. The third-order valence-electron chi connectivity index (χ3n) is 4.33. The van der Waals surface area contributed by atoms with E-state index in [4.69, 9.17) is 9.97 Å². The van der Waals surface area contributed by atoms with Crippen molar-refractivity contribution in [2.45, 2.75) is 33.6 Å². The molecule has 0 radical (unpaired) electrons. The predicted molar refractivity (Wildman–Crippen MR) is 97.1 cm³/mol. The van der Waals surface area contributed by atoms with E-state index in [1.807, 2.05) is 7.05 Å². The van der Waals surface area contributed by atoms with E-state index < -0.39 is 0 Å². The summed E-state index contributed by atoms with van der Waals surface area (Å²) in [4.78, 5) is 9.71. The standard InChI is InChI=1S/C19H24N4/c1-11(2)15-8-7-14(19(20-5)21-15)17-12(3)9-16-18(22-17)13(4)10-23(16)6/h7-11H,1-6H3,(H,20,21). The van der Waals surface area contributed by atoms with E-state index >= 15 is 0 Å². The van der Waals surface area contributed by atoms with Gasteiger partial charge >= 0.3 is 0 Å². The van der Waals surface area contributed by atoms with Crippen LogP contribution in [0, 0.1) is 13.8 Å². The van der Waals surface area contributed by atoms with Crippen molar-refractivity contribution in [3.63, 3.8) is 0 Å². The Balaban J connectivity index is 2.24. The monoisotopic (exact) mass is 308 g/mol. The van der Waals surface area contributed by atoms with E-state index in [9.17, 15) is 0 Å². The summed E-state index contributed by atoms with van der Waals surface area (Å²) in [7, 11) is 3.98. The van der Waals surface area contributed by atoms with Gasteiger partial charge in [0.15, 0.2) is 0 Å². The Morgan fingerprint density at radius 2 is 1.83 bits per heavy atom. The third kappa shape index (κ3) is 2.58. The minimum atomic E-state index is 0.407. The molecule has 1 N–H and O–H groups in total. The van der Waals surface area contributed by atoms with Crippen LogP contribution in [0.4, 0.5) is 5.82 Å². The molecule has 0 unspecified atom stereocenters. The maximum Gasteiger partial charge on any atom is 0.135 e. The molecule has 120 valence electrons. The van der Waals surface area contributed by atoms with Crippen molar-refractivity contribution in [1.29, 1.82) is 0 Å². The van der Waals surface area contributed by atoms with Crippen molar-refractivity contribution in [3.8, 4) is 11.3 Å². The molecule has 0 aliphatic carbocycles. The third-order valence-corrected chi connectivity index (χ3v) is 4.33. The molecule has 3 aromatic rings. The van der Waals surface area contributed by atoms with Crippen LogP contribution < -0.4 is 5.32 Å². The Morgan fingerprint density at radius 1 is 1.09 bits per heavy atom. The van der Waals surface area contributed by atoms with Crippen LogP contribution in [0.15, 0.2) is 24.4 Å². The molecule has 0 bridgehead atoms. The second kappa shape index (κ2) is 5.69. The summed E-state index contributed by atoms with van der Waals surface area (Å²) < 4.78 is 2.13. The molecule has 0 saturated heterocycles. The van der Waals surface area contributed by atoms with E-state index in [1.54, 1.807) is 0 Å². The molecule has 3 heterocycles. The SMILES string of the molecule is CNc1nc(C(C)C)ccc1-c1nc2c(C)cn(C)c2cc1C. The first-order chi connectivity index (χ1) is 10.9. The summed E-state index contributed by atoms with van der Waals surface area (Å²) in [5, 5.41) is 3.23. The number of fused-ring (bicyclic) bond motifs is 1. The molecule has 23 heavy (non-hydrogen) atoms. The molecule has 0 atom stereocenters. The molecule has 0 fully saturated rings. The van der Waals surface area contributed by atoms with Crippen molar-refractivity contribution in [1.82, 2.24) is 14.5 Å². The number of hydrogen-bond acceptors (Lipinski definition) is 3. The molecule has 3 rings (SSSR count). The predicted octanol–water partition coefficient (Wildman–Crippen LogP) is 4.42. The molecule has 0 aliphatic rings. The number of aromatic nitrogens is 3. The van der Waals surface area contributed by atoms with Gasteiger partial charge in [0.1, 0.15) is 5.82 Å². The number of nitrogens with one attached hydrogen (secondary N) is 1. The van der Waals surface area contributed by atoms with Crippen LogP contribution in [0.25, 0.3) is 22.3 Å². The van der Waals surface area contributed by atoms with Crippen LogP contribution in [-0.4, -0.2) is 21.6 Å². The maximum absolute atomic E-state index is 4.95. The van der Waals surface area contributed by atoms with Crippen molar-refractivity contribution in [3.05, 3.63) is 41.2 Å². The van der Waals surface area contributed by atoms with Crippen LogP contribution in [0.3, 0.4) is 0 Å². The van der Waals surface area contributed by atoms with E-state index in [0.717, 1.165) is 33.8 Å². The lowest BCUT2D eigenvalue weighted by Crippen LogP contribution is -2.02. The molecule has 4 nitrogen and oxygen atoms in total. The van der Waals surface area contributed by atoms with Gasteiger partial charge in [-0.05, 0) is 49.1 Å². The first kappa shape index (κ1) is 15.5. The van der Waals surface area contributed by atoms with Gasteiger partial charge in [0.25, 0.3) is 0 Å². The lowest BCUT2D eigenvalue weighted by molar-refractivity contribution is 0.824. The number of rotatable bonds is 3. The van der Waals surface area contributed by atoms with Gasteiger partial charge in [-0.3, -0.25) is 0 Å². The number of aryl methyl sites for hydroxylation is 3. The zero-order valence-corrected chi connectivity index (χ0v) is 14.7. The highest BCUT2D eigenvalue weighted by Gasteiger charge is 2.15. The highest BCUT2D eigenvalue weighted by Crippen LogP contribution is 2.32. The molecule has 0 aromatic carbocycles. The van der Waals surface area contributed by atoms with Gasteiger partial charge in [0.05, 0.1) is 16.7 Å². The van der Waals surface area contributed by atoms with Crippen molar-refractivity contribution in [2.24, 2.45) is 7.05 Å². The molecular weight excluding hydrogens is 284 g/mol. The highest BCUT2D eigenvalue weighted by molar-refractivity contribution is 5.86. The quantitative estimate of drug-likeness (QED) is 0.779. The Morgan fingerprint density at radius 3 is 2.48 bits per heavy atom. The fraction of sp³-hybridized carbons (Fsp3) is 0.368. The smallest absolute Gasteiger partial charge is 0.135 e. The summed E-state index contributed by atoms with van der Waals surface area (Å²) in [6, 6.07) is 6.44. The highest BCUT2D eigenvalue weighted by atomic mass is 15.0. The molecule has 4 heteroatoms. The van der Waals surface area contributed by atoms with Crippen molar-refractivity contribution < 1.29 is 0 Å². The average Bonchev–Trinajstić information content (AvgIpc) is 2.80. The topological polar surface area (TPSA) is 42.7 Å². The lowest BCUT2D eigenvalue weighted by atomic mass is 10.0. The summed E-state index contributed by atoms with van der Waals surface area (Å²) in [5.74, 6) is 1.30. The Labute approximate surface area is 137 Å². The fourth-order valence-electron chi connectivity index (χ4n) is 3.03. The van der Waals surface area contributed by atoms with Gasteiger partial charge in [0.2, 0.25) is 0 Å². The normalized spacial score (nSPS) is 11.4. The minimum Gasteiger partial charge on any atom is -0.373 e. The zero-order valence-electron chi connectivity index (χ0n) is 14.7. The minimum absolute atomic E-state index is 0.407. The van der Waals surface area contributed by atoms with Crippen molar-refractivity contribution in [2.75, 3.05) is 12.4 Å². The van der Waals surface area contributed by atoms with E-state index in [-0.39, 0.29) is 0 Å². The van der Waals surface area contributed by atoms with Gasteiger partial charge in [-0.25, -0.2) is 9.97 Å². The molecule has 0 saturated carbocycles. The molecule has 3 aromatic heterocycles.